The second-order valence-corrected chi connectivity index (χ2v) is 4.92. The van der Waals surface area contributed by atoms with Crippen LogP contribution in [0, 0.1) is 5.92 Å². The van der Waals surface area contributed by atoms with Crippen LogP contribution in [0.15, 0.2) is 43.0 Å². The first-order chi connectivity index (χ1) is 10.5. The summed E-state index contributed by atoms with van der Waals surface area (Å²) in [4.78, 5) is 23.9. The van der Waals surface area contributed by atoms with Crippen LogP contribution in [0.1, 0.15) is 12.0 Å². The van der Waals surface area contributed by atoms with Gasteiger partial charge >= 0.3 is 0 Å². The van der Waals surface area contributed by atoms with E-state index in [0.29, 0.717) is 6.42 Å². The van der Waals surface area contributed by atoms with Crippen molar-refractivity contribution in [1.29, 1.82) is 0 Å². The second-order valence-electron chi connectivity index (χ2n) is 4.92. The molecule has 2 amide bonds. The molecule has 1 aromatic carbocycles. The number of hydrogen-bond acceptors (Lipinski definition) is 4. The maximum Gasteiger partial charge on any atom is 0.242 e. The molecule has 0 saturated carbocycles. The van der Waals surface area contributed by atoms with Crippen LogP contribution in [-0.4, -0.2) is 41.4 Å². The topological polar surface area (TPSA) is 98.7 Å². The van der Waals surface area contributed by atoms with E-state index in [0.717, 1.165) is 5.56 Å². The molecule has 4 N–H and O–H groups in total. The zero-order chi connectivity index (χ0) is 16.5. The maximum absolute atomic E-state index is 12.3. The van der Waals surface area contributed by atoms with E-state index in [2.05, 4.69) is 17.2 Å². The summed E-state index contributed by atoms with van der Waals surface area (Å²) in [6.07, 6.45) is 0.0104. The number of benzene rings is 1. The minimum atomic E-state index is -1.68. The normalized spacial score (nSPS) is 13.3. The third kappa shape index (κ3) is 5.67. The lowest BCUT2D eigenvalue weighted by molar-refractivity contribution is -0.133. The highest BCUT2D eigenvalue weighted by atomic mass is 16.5. The first-order valence-electron chi connectivity index (χ1n) is 7.02. The zero-order valence-electron chi connectivity index (χ0n) is 12.5. The highest BCUT2D eigenvalue weighted by Gasteiger charge is 2.25. The first kappa shape index (κ1) is 17.9. The molecule has 1 rings (SSSR count). The quantitative estimate of drug-likeness (QED) is 0.400. The van der Waals surface area contributed by atoms with E-state index in [1.54, 1.807) is 0 Å². The molecule has 0 bridgehead atoms. The first-order valence-corrected chi connectivity index (χ1v) is 7.02. The molecular weight excluding hydrogens is 284 g/mol. The van der Waals surface area contributed by atoms with Gasteiger partial charge in [-0.25, -0.2) is 0 Å². The van der Waals surface area contributed by atoms with Crippen LogP contribution in [0.2, 0.25) is 0 Å². The number of aliphatic hydroxyl groups excluding tert-OH is 1. The van der Waals surface area contributed by atoms with Crippen LogP contribution in [0.3, 0.4) is 0 Å². The van der Waals surface area contributed by atoms with E-state index in [1.165, 1.54) is 13.1 Å². The molecule has 0 aliphatic rings. The molecule has 2 atom stereocenters. The summed E-state index contributed by atoms with van der Waals surface area (Å²) in [6.45, 7) is 3.65. The largest absolute Gasteiger partial charge is 0.368 e. The van der Waals surface area contributed by atoms with Crippen molar-refractivity contribution in [3.63, 3.8) is 0 Å². The van der Waals surface area contributed by atoms with Gasteiger partial charge in [-0.15, -0.1) is 6.58 Å². The van der Waals surface area contributed by atoms with Crippen molar-refractivity contribution in [3.8, 4) is 0 Å². The van der Waals surface area contributed by atoms with Crippen LogP contribution in [-0.2, 0) is 16.0 Å². The third-order valence-corrected chi connectivity index (χ3v) is 3.25. The van der Waals surface area contributed by atoms with E-state index in [4.69, 9.17) is 10.2 Å². The number of nitrogens with one attached hydrogen (secondary N) is 2. The summed E-state index contributed by atoms with van der Waals surface area (Å²) in [6, 6.07) is 8.44. The summed E-state index contributed by atoms with van der Waals surface area (Å²) in [7, 11) is 1.42. The Balaban J connectivity index is 2.73. The minimum Gasteiger partial charge on any atom is -0.368 e. The Labute approximate surface area is 129 Å². The molecule has 0 fully saturated rings. The van der Waals surface area contributed by atoms with E-state index in [-0.39, 0.29) is 12.3 Å². The molecule has 0 radical (unpaired) electrons. The maximum atomic E-state index is 12.3. The van der Waals surface area contributed by atoms with E-state index in [9.17, 15) is 9.59 Å². The van der Waals surface area contributed by atoms with Gasteiger partial charge in [-0.3, -0.25) is 9.59 Å². The Morgan fingerprint density at radius 1 is 1.23 bits per heavy atom. The van der Waals surface area contributed by atoms with Gasteiger partial charge < -0.3 is 20.8 Å². The molecule has 0 aromatic heterocycles. The molecule has 0 saturated heterocycles. The van der Waals surface area contributed by atoms with Crippen LogP contribution in [0.5, 0.6) is 0 Å². The highest BCUT2D eigenvalue weighted by Crippen LogP contribution is 2.11. The molecule has 0 aliphatic heterocycles. The molecule has 1 aromatic rings. The molecule has 1 unspecified atom stereocenters. The third-order valence-electron chi connectivity index (χ3n) is 3.25. The van der Waals surface area contributed by atoms with Crippen molar-refractivity contribution in [2.45, 2.75) is 25.2 Å². The van der Waals surface area contributed by atoms with E-state index in [1.807, 2.05) is 30.3 Å². The molecule has 22 heavy (non-hydrogen) atoms. The van der Waals surface area contributed by atoms with Gasteiger partial charge in [0.1, 0.15) is 6.04 Å². The van der Waals surface area contributed by atoms with E-state index < -0.39 is 24.2 Å². The number of rotatable bonds is 8. The van der Waals surface area contributed by atoms with Gasteiger partial charge in [-0.1, -0.05) is 36.4 Å². The molecule has 6 nitrogen and oxygen atoms in total. The summed E-state index contributed by atoms with van der Waals surface area (Å²) in [5.74, 6) is -1.37. The van der Waals surface area contributed by atoms with Crippen LogP contribution < -0.4 is 10.6 Å². The summed E-state index contributed by atoms with van der Waals surface area (Å²) < 4.78 is 0. The highest BCUT2D eigenvalue weighted by molar-refractivity contribution is 5.89. The molecule has 6 heteroatoms. The van der Waals surface area contributed by atoms with Gasteiger partial charge in [0, 0.05) is 13.5 Å². The van der Waals surface area contributed by atoms with Crippen LogP contribution in [0.25, 0.3) is 0 Å². The lowest BCUT2D eigenvalue weighted by Crippen LogP contribution is -2.49. The predicted octanol–water partition coefficient (Wildman–Crippen LogP) is -0.0371. The van der Waals surface area contributed by atoms with Crippen LogP contribution in [0.4, 0.5) is 0 Å². The monoisotopic (exact) mass is 306 g/mol. The van der Waals surface area contributed by atoms with Gasteiger partial charge in [0.2, 0.25) is 11.8 Å². The van der Waals surface area contributed by atoms with Gasteiger partial charge in [0.15, 0.2) is 6.29 Å². The summed E-state index contributed by atoms with van der Waals surface area (Å²) in [5.41, 5.74) is 0.973. The van der Waals surface area contributed by atoms with Crippen molar-refractivity contribution < 1.29 is 19.8 Å². The SMILES string of the molecule is C=CC(Cc1ccccc1)C(=O)N[C@@H](CC(O)O)C(=O)NC. The average Bonchev–Trinajstić information content (AvgIpc) is 2.51. The van der Waals surface area contributed by atoms with E-state index >= 15 is 0 Å². The van der Waals surface area contributed by atoms with Crippen molar-refractivity contribution in [1.82, 2.24) is 10.6 Å². The molecule has 0 aliphatic carbocycles. The molecule has 0 spiro atoms. The Hall–Kier alpha value is -2.18. The van der Waals surface area contributed by atoms with Gasteiger partial charge in [0.05, 0.1) is 5.92 Å². The standard InChI is InChI=1S/C16H22N2O4/c1-3-12(9-11-7-5-4-6-8-11)15(21)18-13(10-14(19)20)16(22)17-2/h3-8,12-14,19-20H,1,9-10H2,2H3,(H,17,22)(H,18,21)/t12?,13-/m0/s1. The Kier molecular flexibility index (Phi) is 7.28. The number of hydrogen-bond donors (Lipinski definition) is 4. The second kappa shape index (κ2) is 8.96. The zero-order valence-corrected chi connectivity index (χ0v) is 12.5. The number of aliphatic hydroxyl groups is 2. The van der Waals surface area contributed by atoms with Crippen molar-refractivity contribution >= 4 is 11.8 Å². The fourth-order valence-corrected chi connectivity index (χ4v) is 2.05. The van der Waals surface area contributed by atoms with Gasteiger partial charge in [-0.05, 0) is 12.0 Å². The molecule has 0 heterocycles. The number of carbonyl (C=O) groups is 2. The predicted molar refractivity (Wildman–Crippen MR) is 82.7 cm³/mol. The lowest BCUT2D eigenvalue weighted by Gasteiger charge is -2.21. The van der Waals surface area contributed by atoms with Gasteiger partial charge in [-0.2, -0.15) is 0 Å². The molecular formula is C16H22N2O4. The summed E-state index contributed by atoms with van der Waals surface area (Å²) >= 11 is 0. The number of carbonyl (C=O) groups excluding carboxylic acids is 2. The van der Waals surface area contributed by atoms with Gasteiger partial charge in [0.25, 0.3) is 0 Å². The summed E-state index contributed by atoms with van der Waals surface area (Å²) in [5, 5.41) is 22.9. The Morgan fingerprint density at radius 2 is 1.86 bits per heavy atom. The fourth-order valence-electron chi connectivity index (χ4n) is 2.05. The fraction of sp³-hybridized carbons (Fsp3) is 0.375. The average molecular weight is 306 g/mol. The number of amides is 2. The van der Waals surface area contributed by atoms with Crippen LogP contribution >= 0.6 is 0 Å². The smallest absolute Gasteiger partial charge is 0.242 e. The van der Waals surface area contributed by atoms with Crippen molar-refractivity contribution in [3.05, 3.63) is 48.6 Å². The van der Waals surface area contributed by atoms with Crippen molar-refractivity contribution in [2.75, 3.05) is 7.05 Å². The lowest BCUT2D eigenvalue weighted by atomic mass is 9.98. The minimum absolute atomic E-state index is 0.277. The molecule has 120 valence electrons. The Morgan fingerprint density at radius 3 is 2.36 bits per heavy atom. The number of likely N-dealkylation sites (N-methyl/N-ethyl adjacent to an activating group) is 1. The van der Waals surface area contributed by atoms with Crippen molar-refractivity contribution in [2.24, 2.45) is 5.92 Å². The Bertz CT molecular complexity index is 502.